The summed E-state index contributed by atoms with van der Waals surface area (Å²) in [6, 6.07) is 5.56. The van der Waals surface area contributed by atoms with Gasteiger partial charge in [-0.05, 0) is 12.1 Å². The third-order valence-corrected chi connectivity index (χ3v) is 3.15. The first kappa shape index (κ1) is 14.0. The summed E-state index contributed by atoms with van der Waals surface area (Å²) in [5.74, 6) is 8.48. The minimum Gasteiger partial charge on any atom is -0.493 e. The molecule has 20 heavy (non-hydrogen) atoms. The van der Waals surface area contributed by atoms with Crippen LogP contribution in [-0.4, -0.2) is 23.9 Å². The molecule has 0 aliphatic heterocycles. The van der Waals surface area contributed by atoms with Gasteiger partial charge in [0.2, 0.25) is 0 Å². The maximum Gasteiger partial charge on any atom is 0.170 e. The lowest BCUT2D eigenvalue weighted by Gasteiger charge is -2.11. The Bertz CT molecular complexity index is 620. The molecule has 1 aromatic carbocycles. The number of ether oxygens (including phenoxy) is 2. The van der Waals surface area contributed by atoms with Crippen molar-refractivity contribution in [1.82, 2.24) is 9.66 Å². The smallest absolute Gasteiger partial charge is 0.170 e. The Morgan fingerprint density at radius 2 is 1.90 bits per heavy atom. The first-order valence-electron chi connectivity index (χ1n) is 6.35. The number of nitrogens with two attached hydrogens (primary N) is 2. The minimum absolute atomic E-state index is 0.174. The fourth-order valence-electron chi connectivity index (χ4n) is 2.14. The molecule has 0 bridgehead atoms. The molecular formula is C14H20N4O2. The molecule has 0 fully saturated rings. The van der Waals surface area contributed by atoms with Gasteiger partial charge in [0.15, 0.2) is 17.3 Å². The fourth-order valence-corrected chi connectivity index (χ4v) is 2.14. The number of rotatable bonds is 4. The average molecular weight is 276 g/mol. The number of anilines is 1. The van der Waals surface area contributed by atoms with Crippen LogP contribution in [-0.2, 0) is 0 Å². The Morgan fingerprint density at radius 3 is 2.40 bits per heavy atom. The molecule has 0 amide bonds. The Morgan fingerprint density at radius 1 is 1.20 bits per heavy atom. The van der Waals surface area contributed by atoms with Crippen molar-refractivity contribution in [3.8, 4) is 22.8 Å². The van der Waals surface area contributed by atoms with E-state index in [9.17, 15) is 0 Å². The van der Waals surface area contributed by atoms with Gasteiger partial charge in [-0.15, -0.1) is 0 Å². The SMILES string of the molecule is COc1cccc(-c2nc(C(C)C)n(N)c2N)c1OC. The molecule has 6 heteroatoms. The molecule has 0 saturated heterocycles. The molecule has 2 aromatic rings. The van der Waals surface area contributed by atoms with Crippen LogP contribution in [0.25, 0.3) is 11.3 Å². The molecule has 6 nitrogen and oxygen atoms in total. The second kappa shape index (κ2) is 5.32. The molecule has 1 heterocycles. The zero-order chi connectivity index (χ0) is 14.9. The zero-order valence-electron chi connectivity index (χ0n) is 12.2. The van der Waals surface area contributed by atoms with Crippen LogP contribution in [0.5, 0.6) is 11.5 Å². The van der Waals surface area contributed by atoms with E-state index in [1.807, 2.05) is 32.0 Å². The molecule has 0 saturated carbocycles. The number of nitrogen functional groups attached to an aromatic ring is 2. The summed E-state index contributed by atoms with van der Waals surface area (Å²) in [7, 11) is 3.17. The largest absolute Gasteiger partial charge is 0.493 e. The monoisotopic (exact) mass is 276 g/mol. The molecule has 0 radical (unpaired) electrons. The first-order valence-corrected chi connectivity index (χ1v) is 6.35. The van der Waals surface area contributed by atoms with Crippen molar-refractivity contribution in [3.05, 3.63) is 24.0 Å². The van der Waals surface area contributed by atoms with Gasteiger partial charge < -0.3 is 21.1 Å². The van der Waals surface area contributed by atoms with Crippen LogP contribution < -0.4 is 21.1 Å². The van der Waals surface area contributed by atoms with Crippen LogP contribution >= 0.6 is 0 Å². The van der Waals surface area contributed by atoms with E-state index in [0.717, 1.165) is 11.4 Å². The summed E-state index contributed by atoms with van der Waals surface area (Å²) in [6.07, 6.45) is 0. The number of nitrogens with zero attached hydrogens (tertiary/aromatic N) is 2. The van der Waals surface area contributed by atoms with Crippen molar-refractivity contribution in [2.24, 2.45) is 0 Å². The maximum absolute atomic E-state index is 6.07. The third-order valence-electron chi connectivity index (χ3n) is 3.15. The Balaban J connectivity index is 2.66. The highest BCUT2D eigenvalue weighted by atomic mass is 16.5. The summed E-state index contributed by atoms with van der Waals surface area (Å²) < 4.78 is 12.1. The number of benzene rings is 1. The van der Waals surface area contributed by atoms with Gasteiger partial charge in [0.05, 0.1) is 14.2 Å². The van der Waals surface area contributed by atoms with E-state index in [-0.39, 0.29) is 5.92 Å². The molecule has 1 aromatic heterocycles. The van der Waals surface area contributed by atoms with E-state index < -0.39 is 0 Å². The molecule has 0 atom stereocenters. The molecule has 0 unspecified atom stereocenters. The van der Waals surface area contributed by atoms with Gasteiger partial charge >= 0.3 is 0 Å². The second-order valence-corrected chi connectivity index (χ2v) is 4.77. The maximum atomic E-state index is 6.07. The summed E-state index contributed by atoms with van der Waals surface area (Å²) >= 11 is 0. The molecule has 0 aliphatic carbocycles. The lowest BCUT2D eigenvalue weighted by Crippen LogP contribution is -2.16. The van der Waals surface area contributed by atoms with Crippen molar-refractivity contribution in [1.29, 1.82) is 0 Å². The quantitative estimate of drug-likeness (QED) is 0.834. The van der Waals surface area contributed by atoms with Crippen LogP contribution in [0.4, 0.5) is 5.82 Å². The predicted octanol–water partition coefficient (Wildman–Crippen LogP) is 1.99. The average Bonchev–Trinajstić information content (AvgIpc) is 2.74. The van der Waals surface area contributed by atoms with Crippen LogP contribution in [0, 0.1) is 0 Å². The van der Waals surface area contributed by atoms with Crippen molar-refractivity contribution in [2.75, 3.05) is 25.8 Å². The van der Waals surface area contributed by atoms with Gasteiger partial charge in [0, 0.05) is 11.5 Å². The Kier molecular flexibility index (Phi) is 3.74. The van der Waals surface area contributed by atoms with E-state index in [1.165, 1.54) is 4.68 Å². The van der Waals surface area contributed by atoms with Gasteiger partial charge in [0.25, 0.3) is 0 Å². The number of hydrogen-bond acceptors (Lipinski definition) is 5. The first-order chi connectivity index (χ1) is 9.51. The van der Waals surface area contributed by atoms with E-state index in [0.29, 0.717) is 23.0 Å². The van der Waals surface area contributed by atoms with E-state index in [4.69, 9.17) is 21.1 Å². The van der Waals surface area contributed by atoms with Crippen LogP contribution in [0.1, 0.15) is 25.6 Å². The molecule has 2 rings (SSSR count). The van der Waals surface area contributed by atoms with Crippen molar-refractivity contribution in [2.45, 2.75) is 19.8 Å². The van der Waals surface area contributed by atoms with Gasteiger partial charge in [-0.1, -0.05) is 19.9 Å². The summed E-state index contributed by atoms with van der Waals surface area (Å²) in [6.45, 7) is 4.02. The standard InChI is InChI=1S/C14H20N4O2/c1-8(2)14-17-11(13(15)18(14)16)9-6-5-7-10(19-3)12(9)20-4/h5-8H,15-16H2,1-4H3. The number of para-hydroxylation sites is 1. The molecule has 0 spiro atoms. The Labute approximate surface area is 118 Å². The summed E-state index contributed by atoms with van der Waals surface area (Å²) in [5.41, 5.74) is 7.43. The van der Waals surface area contributed by atoms with Crippen LogP contribution in [0.15, 0.2) is 18.2 Å². The number of aromatic nitrogens is 2. The second-order valence-electron chi connectivity index (χ2n) is 4.77. The van der Waals surface area contributed by atoms with Crippen LogP contribution in [0.2, 0.25) is 0 Å². The van der Waals surface area contributed by atoms with E-state index in [2.05, 4.69) is 4.98 Å². The molecular weight excluding hydrogens is 256 g/mol. The summed E-state index contributed by atoms with van der Waals surface area (Å²) in [4.78, 5) is 4.54. The Hall–Kier alpha value is -2.37. The van der Waals surface area contributed by atoms with Crippen molar-refractivity contribution >= 4 is 5.82 Å². The van der Waals surface area contributed by atoms with Crippen molar-refractivity contribution in [3.63, 3.8) is 0 Å². The third kappa shape index (κ3) is 2.13. The molecule has 0 aliphatic rings. The molecule has 108 valence electrons. The number of imidazole rings is 1. The predicted molar refractivity (Wildman–Crippen MR) is 79.4 cm³/mol. The highest BCUT2D eigenvalue weighted by Crippen LogP contribution is 2.39. The topological polar surface area (TPSA) is 88.3 Å². The fraction of sp³-hybridized carbons (Fsp3) is 0.357. The van der Waals surface area contributed by atoms with Gasteiger partial charge in [0.1, 0.15) is 11.5 Å². The molecule has 4 N–H and O–H groups in total. The van der Waals surface area contributed by atoms with E-state index >= 15 is 0 Å². The summed E-state index contributed by atoms with van der Waals surface area (Å²) in [5, 5.41) is 0. The minimum atomic E-state index is 0.174. The highest BCUT2D eigenvalue weighted by Gasteiger charge is 2.21. The lowest BCUT2D eigenvalue weighted by atomic mass is 10.1. The van der Waals surface area contributed by atoms with Crippen molar-refractivity contribution < 1.29 is 9.47 Å². The lowest BCUT2D eigenvalue weighted by molar-refractivity contribution is 0.356. The van der Waals surface area contributed by atoms with Gasteiger partial charge in [-0.25, -0.2) is 9.66 Å². The van der Waals surface area contributed by atoms with Crippen LogP contribution in [0.3, 0.4) is 0 Å². The van der Waals surface area contributed by atoms with E-state index in [1.54, 1.807) is 14.2 Å². The zero-order valence-corrected chi connectivity index (χ0v) is 12.2. The highest BCUT2D eigenvalue weighted by molar-refractivity contribution is 5.78. The normalized spacial score (nSPS) is 10.8. The van der Waals surface area contributed by atoms with Gasteiger partial charge in [-0.2, -0.15) is 0 Å². The number of hydrogen-bond donors (Lipinski definition) is 2. The van der Waals surface area contributed by atoms with Gasteiger partial charge in [-0.3, -0.25) is 0 Å². The number of methoxy groups -OCH3 is 2.